The van der Waals surface area contributed by atoms with Crippen molar-refractivity contribution in [2.24, 2.45) is 0 Å². The zero-order valence-corrected chi connectivity index (χ0v) is 9.68. The molecule has 7 heteroatoms. The summed E-state index contributed by atoms with van der Waals surface area (Å²) in [5, 5.41) is 14.2. The highest BCUT2D eigenvalue weighted by Crippen LogP contribution is 2.18. The molecule has 1 rings (SSSR count). The second kappa shape index (κ2) is 5.72. The fourth-order valence-corrected chi connectivity index (χ4v) is 1.62. The lowest BCUT2D eigenvalue weighted by molar-refractivity contribution is -0.630. The van der Waals surface area contributed by atoms with Crippen molar-refractivity contribution in [2.45, 2.75) is 11.9 Å². The Morgan fingerprint density at radius 3 is 3.07 bits per heavy atom. The van der Waals surface area contributed by atoms with Crippen molar-refractivity contribution < 1.29 is 14.3 Å². The van der Waals surface area contributed by atoms with Crippen LogP contribution in [0.1, 0.15) is 6.92 Å². The van der Waals surface area contributed by atoms with Gasteiger partial charge in [0.15, 0.2) is 5.03 Å². The lowest BCUT2D eigenvalue weighted by atomic mass is 10.4. The van der Waals surface area contributed by atoms with E-state index in [-0.39, 0.29) is 12.4 Å². The minimum atomic E-state index is -0.650. The quantitative estimate of drug-likeness (QED) is 0.369. The van der Waals surface area contributed by atoms with Gasteiger partial charge in [-0.3, -0.25) is 0 Å². The normalized spacial score (nSPS) is 9.73. The number of amides is 1. The van der Waals surface area contributed by atoms with Gasteiger partial charge in [0, 0.05) is 6.07 Å². The van der Waals surface area contributed by atoms with Crippen LogP contribution < -0.4 is 10.0 Å². The largest absolute Gasteiger partial charge is 0.710 e. The van der Waals surface area contributed by atoms with Gasteiger partial charge in [-0.1, -0.05) is 0 Å². The Bertz CT molecular complexity index is 360. The van der Waals surface area contributed by atoms with Crippen LogP contribution in [0.15, 0.2) is 23.2 Å². The maximum atomic E-state index is 11.5. The van der Waals surface area contributed by atoms with Gasteiger partial charge in [-0.05, 0) is 29.9 Å². The van der Waals surface area contributed by atoms with Gasteiger partial charge in [0.25, 0.3) is 5.82 Å². The van der Waals surface area contributed by atoms with Gasteiger partial charge in [0.2, 0.25) is 0 Å². The average Bonchev–Trinajstić information content (AvgIpc) is 2.21. The first-order valence-corrected chi connectivity index (χ1v) is 6.03. The third-order valence-electron chi connectivity index (χ3n) is 1.51. The number of hydrogen-bond acceptors (Lipinski definition) is 5. The van der Waals surface area contributed by atoms with E-state index < -0.39 is 6.09 Å². The molecule has 0 spiro atoms. The molecule has 0 saturated heterocycles. The standard InChI is InChI=1S/C8H10N2O3S2/c1-2-13-8(11)9-6-4-3-5-7(15-14)10(6)12/h3-5,14H,2H2,1H3,(H,9,11). The molecule has 0 bridgehead atoms. The molecule has 0 aliphatic heterocycles. The summed E-state index contributed by atoms with van der Waals surface area (Å²) in [6, 6.07) is 4.73. The predicted octanol–water partition coefficient (Wildman–Crippen LogP) is 1.83. The number of nitrogens with zero attached hydrogens (tertiary/aromatic N) is 1. The number of carbonyl (C=O) groups excluding carboxylic acids is 1. The number of carbonyl (C=O) groups is 1. The van der Waals surface area contributed by atoms with Gasteiger partial charge < -0.3 is 9.94 Å². The molecule has 0 aromatic carbocycles. The molecule has 1 amide bonds. The first-order valence-electron chi connectivity index (χ1n) is 4.16. The van der Waals surface area contributed by atoms with E-state index in [1.807, 2.05) is 0 Å². The van der Waals surface area contributed by atoms with Crippen LogP contribution >= 0.6 is 22.5 Å². The van der Waals surface area contributed by atoms with E-state index in [9.17, 15) is 10.0 Å². The average molecular weight is 246 g/mol. The SMILES string of the molecule is CCOC(=O)Nc1cccc(SS)[n+]1[O-]. The summed E-state index contributed by atoms with van der Waals surface area (Å²) >= 11 is 3.91. The van der Waals surface area contributed by atoms with E-state index in [1.54, 1.807) is 19.1 Å². The zero-order chi connectivity index (χ0) is 11.3. The lowest BCUT2D eigenvalue weighted by Gasteiger charge is -2.10. The summed E-state index contributed by atoms with van der Waals surface area (Å²) in [6.45, 7) is 1.94. The summed E-state index contributed by atoms with van der Waals surface area (Å²) in [6.07, 6.45) is -0.650. The van der Waals surface area contributed by atoms with Crippen molar-refractivity contribution >= 4 is 34.4 Å². The molecule has 0 radical (unpaired) electrons. The number of nitrogens with one attached hydrogen (secondary N) is 1. The summed E-state index contributed by atoms with van der Waals surface area (Å²) in [5.41, 5.74) is 0. The molecular weight excluding hydrogens is 236 g/mol. The summed E-state index contributed by atoms with van der Waals surface area (Å²) in [5.74, 6) is 0.118. The molecule has 1 N–H and O–H groups in total. The second-order valence-corrected chi connectivity index (χ2v) is 3.63. The third kappa shape index (κ3) is 3.21. The van der Waals surface area contributed by atoms with E-state index in [1.165, 1.54) is 6.07 Å². The van der Waals surface area contributed by atoms with Gasteiger partial charge >= 0.3 is 6.09 Å². The topological polar surface area (TPSA) is 65.3 Å². The Hall–Kier alpha value is -1.08. The van der Waals surface area contributed by atoms with E-state index in [0.29, 0.717) is 9.76 Å². The minimum absolute atomic E-state index is 0.118. The number of anilines is 1. The van der Waals surface area contributed by atoms with Gasteiger partial charge in [-0.25, -0.2) is 4.73 Å². The molecular formula is C8H10N2O3S2. The van der Waals surface area contributed by atoms with Gasteiger partial charge in [0.1, 0.15) is 0 Å². The molecule has 0 aliphatic rings. The van der Waals surface area contributed by atoms with E-state index in [0.717, 1.165) is 10.8 Å². The number of thiol groups is 1. The van der Waals surface area contributed by atoms with Crippen LogP contribution in [-0.2, 0) is 4.74 Å². The van der Waals surface area contributed by atoms with Crippen LogP contribution in [0.5, 0.6) is 0 Å². The summed E-state index contributed by atoms with van der Waals surface area (Å²) in [4.78, 5) is 11.1. The van der Waals surface area contributed by atoms with Crippen LogP contribution in [-0.4, -0.2) is 12.7 Å². The first kappa shape index (κ1) is 12.0. The highest BCUT2D eigenvalue weighted by molar-refractivity contribution is 8.68. The Balaban J connectivity index is 2.81. The van der Waals surface area contributed by atoms with Gasteiger partial charge in [-0.15, -0.1) is 11.7 Å². The van der Waals surface area contributed by atoms with Crippen LogP contribution in [0.25, 0.3) is 0 Å². The predicted molar refractivity (Wildman–Crippen MR) is 60.9 cm³/mol. The van der Waals surface area contributed by atoms with Crippen molar-refractivity contribution in [1.82, 2.24) is 0 Å². The van der Waals surface area contributed by atoms with Crippen molar-refractivity contribution in [3.05, 3.63) is 23.4 Å². The molecule has 0 unspecified atom stereocenters. The molecule has 0 fully saturated rings. The third-order valence-corrected chi connectivity index (χ3v) is 2.56. The lowest BCUT2D eigenvalue weighted by Crippen LogP contribution is -2.34. The van der Waals surface area contributed by atoms with Crippen molar-refractivity contribution in [3.63, 3.8) is 0 Å². The highest BCUT2D eigenvalue weighted by Gasteiger charge is 2.13. The van der Waals surface area contributed by atoms with Crippen LogP contribution in [0.4, 0.5) is 10.6 Å². The van der Waals surface area contributed by atoms with E-state index in [4.69, 9.17) is 0 Å². The Morgan fingerprint density at radius 2 is 2.47 bits per heavy atom. The molecule has 0 saturated carbocycles. The molecule has 1 heterocycles. The van der Waals surface area contributed by atoms with E-state index >= 15 is 0 Å². The zero-order valence-electron chi connectivity index (χ0n) is 7.97. The Morgan fingerprint density at radius 1 is 1.73 bits per heavy atom. The molecule has 5 nitrogen and oxygen atoms in total. The molecule has 1 aromatic rings. The van der Waals surface area contributed by atoms with Crippen molar-refractivity contribution in [1.29, 1.82) is 0 Å². The fraction of sp³-hybridized carbons (Fsp3) is 0.250. The smallest absolute Gasteiger partial charge is 0.504 e. The molecule has 1 aromatic heterocycles. The minimum Gasteiger partial charge on any atom is -0.710 e. The van der Waals surface area contributed by atoms with Gasteiger partial charge in [0.05, 0.1) is 6.61 Å². The first-order chi connectivity index (χ1) is 7.19. The van der Waals surface area contributed by atoms with Crippen LogP contribution in [0.2, 0.25) is 0 Å². The molecule has 0 atom stereocenters. The fourth-order valence-electron chi connectivity index (χ4n) is 0.907. The number of aromatic nitrogens is 1. The number of pyridine rings is 1. The second-order valence-electron chi connectivity index (χ2n) is 2.48. The summed E-state index contributed by atoms with van der Waals surface area (Å²) < 4.78 is 5.22. The van der Waals surface area contributed by atoms with E-state index in [2.05, 4.69) is 21.7 Å². The number of hydrogen-bond donors (Lipinski definition) is 2. The van der Waals surface area contributed by atoms with Crippen LogP contribution in [0, 0.1) is 5.21 Å². The maximum absolute atomic E-state index is 11.5. The monoisotopic (exact) mass is 246 g/mol. The number of rotatable bonds is 3. The Labute approximate surface area is 96.2 Å². The highest BCUT2D eigenvalue weighted by atomic mass is 33.1. The van der Waals surface area contributed by atoms with Crippen molar-refractivity contribution in [3.8, 4) is 0 Å². The molecule has 0 aliphatic carbocycles. The molecule has 82 valence electrons. The van der Waals surface area contributed by atoms with Crippen molar-refractivity contribution in [2.75, 3.05) is 11.9 Å². The Kier molecular flexibility index (Phi) is 4.57. The van der Waals surface area contributed by atoms with Gasteiger partial charge in [-0.2, -0.15) is 10.1 Å². The number of ether oxygens (including phenoxy) is 1. The van der Waals surface area contributed by atoms with Crippen LogP contribution in [0.3, 0.4) is 0 Å². The molecule has 15 heavy (non-hydrogen) atoms. The summed E-state index contributed by atoms with van der Waals surface area (Å²) in [7, 11) is 1.00. The maximum Gasteiger partial charge on any atom is 0.504 e.